The number of nitrogens with zero attached hydrogens (tertiary/aromatic N) is 2. The monoisotopic (exact) mass is 446 g/mol. The number of ether oxygens (including phenoxy) is 1. The van der Waals surface area contributed by atoms with Crippen LogP contribution in [0.2, 0.25) is 15.2 Å². The lowest BCUT2D eigenvalue weighted by Gasteiger charge is -2.19. The lowest BCUT2D eigenvalue weighted by Crippen LogP contribution is -2.30. The Morgan fingerprint density at radius 3 is 1.97 bits per heavy atom. The van der Waals surface area contributed by atoms with Gasteiger partial charge in [-0.3, -0.25) is 9.59 Å². The molecule has 3 aromatic rings. The number of benzene rings is 2. The van der Waals surface area contributed by atoms with Crippen molar-refractivity contribution in [1.82, 2.24) is 4.98 Å². The first-order valence-electron chi connectivity index (χ1n) is 8.19. The quantitative estimate of drug-likeness (QED) is 0.243. The predicted molar refractivity (Wildman–Crippen MR) is 108 cm³/mol. The fraction of sp³-hybridized carbons (Fsp3) is 0. The zero-order valence-corrected chi connectivity index (χ0v) is 16.6. The number of halogens is 3. The molecule has 6 nitrogen and oxygen atoms in total. The molecule has 1 aromatic heterocycles. The van der Waals surface area contributed by atoms with Crippen molar-refractivity contribution in [3.8, 4) is 5.75 Å². The lowest BCUT2D eigenvalue weighted by molar-refractivity contribution is 0.0727. The van der Waals surface area contributed by atoms with Crippen molar-refractivity contribution in [3.63, 3.8) is 0 Å². The minimum absolute atomic E-state index is 0.186. The van der Waals surface area contributed by atoms with Crippen LogP contribution in [-0.4, -0.2) is 22.8 Å². The second-order valence-electron chi connectivity index (χ2n) is 5.92. The number of carbonyl (C=O) groups is 3. The van der Waals surface area contributed by atoms with Crippen LogP contribution < -0.4 is 9.64 Å². The molecule has 0 bridgehead atoms. The summed E-state index contributed by atoms with van der Waals surface area (Å²) in [5.41, 5.74) is -0.229. The molecular formula is C20H9Cl3N2O4. The van der Waals surface area contributed by atoms with E-state index in [1.165, 1.54) is 12.1 Å². The summed E-state index contributed by atoms with van der Waals surface area (Å²) in [7, 11) is 0. The van der Waals surface area contributed by atoms with E-state index in [4.69, 9.17) is 39.5 Å². The number of rotatable bonds is 3. The first kappa shape index (κ1) is 19.4. The summed E-state index contributed by atoms with van der Waals surface area (Å²) in [5.74, 6) is -1.94. The standard InChI is InChI=1S/C20H9Cl3N2O4/c21-13-15(20(28)29-10-6-2-1-3-7-10)24-17(23)14(22)16(13)25-18(26)11-8-4-5-9-12(11)19(25)27/h1-9H. The number of anilines is 1. The molecule has 2 heterocycles. The van der Waals surface area contributed by atoms with Gasteiger partial charge in [-0.25, -0.2) is 14.7 Å². The second kappa shape index (κ2) is 7.48. The zero-order valence-electron chi connectivity index (χ0n) is 14.4. The summed E-state index contributed by atoms with van der Waals surface area (Å²) in [5, 5.41) is -0.861. The summed E-state index contributed by atoms with van der Waals surface area (Å²) in [6.07, 6.45) is 0. The first-order valence-corrected chi connectivity index (χ1v) is 9.33. The summed E-state index contributed by atoms with van der Waals surface area (Å²) in [6.45, 7) is 0. The number of esters is 1. The van der Waals surface area contributed by atoms with Crippen molar-refractivity contribution in [2.45, 2.75) is 0 Å². The van der Waals surface area contributed by atoms with E-state index >= 15 is 0 Å². The van der Waals surface area contributed by atoms with Gasteiger partial charge >= 0.3 is 5.97 Å². The smallest absolute Gasteiger partial charge is 0.364 e. The number of imide groups is 1. The van der Waals surface area contributed by atoms with E-state index in [0.29, 0.717) is 0 Å². The highest BCUT2D eigenvalue weighted by Crippen LogP contribution is 2.42. The third kappa shape index (κ3) is 3.25. The normalized spacial score (nSPS) is 12.9. The molecule has 0 aliphatic carbocycles. The Morgan fingerprint density at radius 1 is 0.828 bits per heavy atom. The van der Waals surface area contributed by atoms with E-state index in [1.807, 2.05) is 0 Å². The van der Waals surface area contributed by atoms with Gasteiger partial charge in [-0.15, -0.1) is 0 Å². The topological polar surface area (TPSA) is 76.6 Å². The van der Waals surface area contributed by atoms with Crippen LogP contribution in [0.1, 0.15) is 31.2 Å². The van der Waals surface area contributed by atoms with Crippen LogP contribution in [0.5, 0.6) is 5.75 Å². The summed E-state index contributed by atoms with van der Waals surface area (Å²) < 4.78 is 5.23. The van der Waals surface area contributed by atoms with Crippen molar-refractivity contribution in [1.29, 1.82) is 0 Å². The molecule has 0 saturated carbocycles. The second-order valence-corrected chi connectivity index (χ2v) is 7.04. The Morgan fingerprint density at radius 2 is 1.38 bits per heavy atom. The third-order valence-corrected chi connectivity index (χ3v) is 5.27. The Hall–Kier alpha value is -2.93. The van der Waals surface area contributed by atoms with Crippen molar-refractivity contribution >= 4 is 58.3 Å². The predicted octanol–water partition coefficient (Wildman–Crippen LogP) is 5.06. The summed E-state index contributed by atoms with van der Waals surface area (Å²) in [6, 6.07) is 14.5. The van der Waals surface area contributed by atoms with Gasteiger partial charge in [-0.05, 0) is 24.3 Å². The number of pyridine rings is 1. The van der Waals surface area contributed by atoms with E-state index in [0.717, 1.165) is 4.90 Å². The number of fused-ring (bicyclic) bond motifs is 1. The average molecular weight is 448 g/mol. The van der Waals surface area contributed by atoms with Crippen molar-refractivity contribution < 1.29 is 19.1 Å². The maximum Gasteiger partial charge on any atom is 0.364 e. The molecule has 1 aliphatic heterocycles. The average Bonchev–Trinajstić information content (AvgIpc) is 2.97. The molecule has 2 amide bonds. The number of amides is 2. The van der Waals surface area contributed by atoms with Crippen molar-refractivity contribution in [2.75, 3.05) is 4.90 Å². The molecule has 2 aromatic carbocycles. The molecule has 0 radical (unpaired) electrons. The lowest BCUT2D eigenvalue weighted by atomic mass is 10.1. The maximum atomic E-state index is 12.8. The van der Waals surface area contributed by atoms with Crippen molar-refractivity contribution in [3.05, 3.63) is 86.6 Å². The summed E-state index contributed by atoms with van der Waals surface area (Å²) >= 11 is 18.6. The highest BCUT2D eigenvalue weighted by Gasteiger charge is 2.40. The van der Waals surface area contributed by atoms with E-state index in [-0.39, 0.29) is 43.5 Å². The van der Waals surface area contributed by atoms with Gasteiger partial charge in [0.25, 0.3) is 11.8 Å². The van der Waals surface area contributed by atoms with Gasteiger partial charge in [-0.1, -0.05) is 65.1 Å². The minimum Gasteiger partial charge on any atom is -0.422 e. The maximum absolute atomic E-state index is 12.8. The van der Waals surface area contributed by atoms with Crippen LogP contribution in [0.15, 0.2) is 54.6 Å². The van der Waals surface area contributed by atoms with Crippen LogP contribution >= 0.6 is 34.8 Å². The van der Waals surface area contributed by atoms with Crippen LogP contribution in [0.3, 0.4) is 0 Å². The Bertz CT molecular complexity index is 1150. The van der Waals surface area contributed by atoms with Gasteiger partial charge in [0.15, 0.2) is 10.8 Å². The number of hydrogen-bond acceptors (Lipinski definition) is 5. The first-order chi connectivity index (χ1) is 13.9. The van der Waals surface area contributed by atoms with E-state index in [1.54, 1.807) is 42.5 Å². The third-order valence-electron chi connectivity index (χ3n) is 4.18. The minimum atomic E-state index is -0.919. The molecule has 0 spiro atoms. The van der Waals surface area contributed by atoms with Gasteiger partial charge in [-0.2, -0.15) is 0 Å². The van der Waals surface area contributed by atoms with Crippen LogP contribution in [-0.2, 0) is 0 Å². The molecule has 1 aliphatic rings. The number of carbonyl (C=O) groups excluding carboxylic acids is 3. The molecule has 29 heavy (non-hydrogen) atoms. The fourth-order valence-corrected chi connectivity index (χ4v) is 3.61. The highest BCUT2D eigenvalue weighted by atomic mass is 35.5. The van der Waals surface area contributed by atoms with Crippen LogP contribution in [0.4, 0.5) is 5.69 Å². The fourth-order valence-electron chi connectivity index (χ4n) is 2.87. The van der Waals surface area contributed by atoms with Crippen LogP contribution in [0.25, 0.3) is 0 Å². The van der Waals surface area contributed by atoms with Gasteiger partial charge < -0.3 is 4.74 Å². The highest BCUT2D eigenvalue weighted by molar-refractivity contribution is 6.49. The Labute approximate surface area is 179 Å². The SMILES string of the molecule is O=C(Oc1ccccc1)c1nc(Cl)c(Cl)c(N2C(=O)c3ccccc3C2=O)c1Cl. The van der Waals surface area contributed by atoms with E-state index in [2.05, 4.69) is 4.98 Å². The molecular weight excluding hydrogens is 439 g/mol. The molecule has 0 saturated heterocycles. The molecule has 0 N–H and O–H groups in total. The van der Waals surface area contributed by atoms with Crippen LogP contribution in [0, 0.1) is 0 Å². The Balaban J connectivity index is 1.80. The van der Waals surface area contributed by atoms with E-state index in [9.17, 15) is 14.4 Å². The molecule has 9 heteroatoms. The summed E-state index contributed by atoms with van der Waals surface area (Å²) in [4.78, 5) is 42.9. The zero-order chi connectivity index (χ0) is 20.7. The van der Waals surface area contributed by atoms with E-state index < -0.39 is 17.8 Å². The van der Waals surface area contributed by atoms with Gasteiger partial charge in [0.1, 0.15) is 10.8 Å². The molecule has 0 fully saturated rings. The number of hydrogen-bond donors (Lipinski definition) is 0. The van der Waals surface area contributed by atoms with Crippen molar-refractivity contribution in [2.24, 2.45) is 0 Å². The molecule has 0 unspecified atom stereocenters. The van der Waals surface area contributed by atoms with Gasteiger partial charge in [0.2, 0.25) is 0 Å². The molecule has 144 valence electrons. The number of aromatic nitrogens is 1. The largest absolute Gasteiger partial charge is 0.422 e. The number of para-hydroxylation sites is 1. The van der Waals surface area contributed by atoms with Gasteiger partial charge in [0.05, 0.1) is 21.8 Å². The Kier molecular flexibility index (Phi) is 5.00. The van der Waals surface area contributed by atoms with Gasteiger partial charge in [0, 0.05) is 0 Å². The molecule has 4 rings (SSSR count). The molecule has 0 atom stereocenters.